The maximum atomic E-state index is 9.84. The number of hydrogen-bond acceptors (Lipinski definition) is 5. The maximum Gasteiger partial charge on any atom is 0.191 e. The van der Waals surface area contributed by atoms with Crippen LogP contribution in [0.25, 0.3) is 0 Å². The van der Waals surface area contributed by atoms with Crippen molar-refractivity contribution in [2.45, 2.75) is 26.3 Å². The fourth-order valence-electron chi connectivity index (χ4n) is 2.69. The summed E-state index contributed by atoms with van der Waals surface area (Å²) in [5.41, 5.74) is 0.919. The molecule has 0 bridgehead atoms. The van der Waals surface area contributed by atoms with Crippen molar-refractivity contribution in [3.8, 4) is 11.5 Å². The molecule has 1 saturated heterocycles. The van der Waals surface area contributed by atoms with Gasteiger partial charge in [0.2, 0.25) is 0 Å². The molecule has 0 saturated carbocycles. The van der Waals surface area contributed by atoms with Crippen LogP contribution in [0.15, 0.2) is 23.2 Å². The fraction of sp³-hybridized carbons (Fsp3) is 0.632. The summed E-state index contributed by atoms with van der Waals surface area (Å²) in [7, 11) is 1.53. The van der Waals surface area contributed by atoms with Crippen molar-refractivity contribution in [1.82, 2.24) is 10.6 Å². The van der Waals surface area contributed by atoms with E-state index in [1.54, 1.807) is 12.1 Å². The lowest BCUT2D eigenvalue weighted by Gasteiger charge is -2.12. The van der Waals surface area contributed by atoms with Gasteiger partial charge in [0.05, 0.1) is 26.9 Å². The van der Waals surface area contributed by atoms with Gasteiger partial charge < -0.3 is 30.0 Å². The molecule has 1 atom stereocenters. The van der Waals surface area contributed by atoms with E-state index in [1.807, 2.05) is 13.0 Å². The third kappa shape index (κ3) is 8.98. The summed E-state index contributed by atoms with van der Waals surface area (Å²) >= 11 is 0. The normalized spacial score (nSPS) is 16.7. The molecule has 8 heteroatoms. The molecule has 7 nitrogen and oxygen atoms in total. The summed E-state index contributed by atoms with van der Waals surface area (Å²) in [6, 6.07) is 5.31. The van der Waals surface area contributed by atoms with Crippen LogP contribution < -0.4 is 15.4 Å². The second-order valence-electron chi connectivity index (χ2n) is 6.29. The second kappa shape index (κ2) is 13.8. The number of hydrogen-bond donors (Lipinski definition) is 3. The predicted octanol–water partition coefficient (Wildman–Crippen LogP) is 2.52. The van der Waals surface area contributed by atoms with E-state index in [-0.39, 0.29) is 29.7 Å². The first-order chi connectivity index (χ1) is 12.7. The van der Waals surface area contributed by atoms with E-state index in [1.165, 1.54) is 7.11 Å². The lowest BCUT2D eigenvalue weighted by atomic mass is 10.1. The highest BCUT2D eigenvalue weighted by molar-refractivity contribution is 14.0. The van der Waals surface area contributed by atoms with Gasteiger partial charge in [0.25, 0.3) is 0 Å². The highest BCUT2D eigenvalue weighted by Gasteiger charge is 2.15. The highest BCUT2D eigenvalue weighted by atomic mass is 127. The number of ether oxygens (including phenoxy) is 3. The minimum atomic E-state index is 0. The molecule has 1 aromatic rings. The maximum absolute atomic E-state index is 9.84. The van der Waals surface area contributed by atoms with Gasteiger partial charge in [-0.2, -0.15) is 0 Å². The monoisotopic (exact) mass is 493 g/mol. The predicted molar refractivity (Wildman–Crippen MR) is 117 cm³/mol. The second-order valence-corrected chi connectivity index (χ2v) is 6.29. The van der Waals surface area contributed by atoms with Gasteiger partial charge in [0, 0.05) is 32.2 Å². The van der Waals surface area contributed by atoms with Crippen molar-refractivity contribution in [1.29, 1.82) is 0 Å². The number of benzene rings is 1. The molecule has 0 radical (unpaired) electrons. The third-order valence-corrected chi connectivity index (χ3v) is 4.14. The van der Waals surface area contributed by atoms with Crippen LogP contribution in [0.3, 0.4) is 0 Å². The van der Waals surface area contributed by atoms with E-state index in [9.17, 15) is 5.11 Å². The molecule has 2 rings (SSSR count). The van der Waals surface area contributed by atoms with Gasteiger partial charge in [-0.3, -0.25) is 0 Å². The summed E-state index contributed by atoms with van der Waals surface area (Å²) < 4.78 is 16.1. The molecule has 3 N–H and O–H groups in total. The van der Waals surface area contributed by atoms with Crippen LogP contribution in [0, 0.1) is 5.92 Å². The lowest BCUT2D eigenvalue weighted by molar-refractivity contribution is 0.0888. The van der Waals surface area contributed by atoms with Gasteiger partial charge in [0.15, 0.2) is 17.5 Å². The number of aliphatic imine (C=N–C) groups is 1. The summed E-state index contributed by atoms with van der Waals surface area (Å²) in [5.74, 6) is 1.91. The Morgan fingerprint density at radius 3 is 2.89 bits per heavy atom. The Morgan fingerprint density at radius 2 is 2.22 bits per heavy atom. The van der Waals surface area contributed by atoms with E-state index in [0.717, 1.165) is 63.9 Å². The van der Waals surface area contributed by atoms with E-state index >= 15 is 0 Å². The Kier molecular flexibility index (Phi) is 12.2. The van der Waals surface area contributed by atoms with Crippen LogP contribution in [0.1, 0.15) is 25.3 Å². The number of aromatic hydroxyl groups is 1. The third-order valence-electron chi connectivity index (χ3n) is 4.14. The summed E-state index contributed by atoms with van der Waals surface area (Å²) in [6.07, 6.45) is 2.03. The van der Waals surface area contributed by atoms with Gasteiger partial charge >= 0.3 is 0 Å². The summed E-state index contributed by atoms with van der Waals surface area (Å²) in [6.45, 7) is 7.30. The number of nitrogens with one attached hydrogen (secondary N) is 2. The van der Waals surface area contributed by atoms with Gasteiger partial charge in [-0.15, -0.1) is 24.0 Å². The van der Waals surface area contributed by atoms with Crippen LogP contribution in [0.4, 0.5) is 0 Å². The van der Waals surface area contributed by atoms with Gasteiger partial charge in [-0.25, -0.2) is 4.99 Å². The highest BCUT2D eigenvalue weighted by Crippen LogP contribution is 2.26. The summed E-state index contributed by atoms with van der Waals surface area (Å²) in [5, 5.41) is 16.4. The zero-order valence-electron chi connectivity index (χ0n) is 16.2. The Hall–Kier alpha value is -1.26. The van der Waals surface area contributed by atoms with Gasteiger partial charge in [-0.1, -0.05) is 6.07 Å². The van der Waals surface area contributed by atoms with Crippen LogP contribution in [-0.2, 0) is 16.0 Å². The minimum absolute atomic E-state index is 0. The zero-order chi connectivity index (χ0) is 18.6. The molecule has 1 aliphatic rings. The molecule has 1 fully saturated rings. The smallest absolute Gasteiger partial charge is 0.191 e. The molecule has 1 aromatic carbocycles. The number of rotatable bonds is 10. The van der Waals surface area contributed by atoms with Crippen molar-refractivity contribution in [2.24, 2.45) is 10.9 Å². The Labute approximate surface area is 178 Å². The molecule has 1 aliphatic heterocycles. The van der Waals surface area contributed by atoms with E-state index < -0.39 is 0 Å². The van der Waals surface area contributed by atoms with E-state index in [2.05, 4.69) is 15.6 Å². The SMILES string of the molecule is CCNC(=NCc1ccc(OC)c(O)c1)NCCCOCC1CCOC1.I. The largest absolute Gasteiger partial charge is 0.504 e. The van der Waals surface area contributed by atoms with Crippen LogP contribution in [0.2, 0.25) is 0 Å². The van der Waals surface area contributed by atoms with Crippen molar-refractivity contribution in [3.63, 3.8) is 0 Å². The average molecular weight is 493 g/mol. The van der Waals surface area contributed by atoms with Crippen molar-refractivity contribution in [2.75, 3.05) is 46.6 Å². The molecule has 0 aliphatic carbocycles. The molecular formula is C19H32IN3O4. The molecule has 0 amide bonds. The Morgan fingerprint density at radius 1 is 1.37 bits per heavy atom. The number of phenols is 1. The molecule has 0 spiro atoms. The molecule has 1 unspecified atom stereocenters. The first-order valence-electron chi connectivity index (χ1n) is 9.26. The Balaban J connectivity index is 0.00000364. The zero-order valence-corrected chi connectivity index (χ0v) is 18.5. The van der Waals surface area contributed by atoms with Crippen molar-refractivity contribution < 1.29 is 19.3 Å². The summed E-state index contributed by atoms with van der Waals surface area (Å²) in [4.78, 5) is 4.55. The van der Waals surface area contributed by atoms with Crippen LogP contribution in [0.5, 0.6) is 11.5 Å². The minimum Gasteiger partial charge on any atom is -0.504 e. The molecule has 1 heterocycles. The molecule has 154 valence electrons. The molecule has 0 aromatic heterocycles. The number of methoxy groups -OCH3 is 1. The average Bonchev–Trinajstić information content (AvgIpc) is 3.16. The number of phenolic OH excluding ortho intramolecular Hbond substituents is 1. The topological polar surface area (TPSA) is 84.3 Å². The first-order valence-corrected chi connectivity index (χ1v) is 9.26. The Bertz CT molecular complexity index is 566. The molecule has 27 heavy (non-hydrogen) atoms. The van der Waals surface area contributed by atoms with E-state index in [0.29, 0.717) is 18.2 Å². The van der Waals surface area contributed by atoms with E-state index in [4.69, 9.17) is 14.2 Å². The number of halogens is 1. The number of nitrogens with zero attached hydrogens (tertiary/aromatic N) is 1. The van der Waals surface area contributed by atoms with Gasteiger partial charge in [0.1, 0.15) is 0 Å². The van der Waals surface area contributed by atoms with Crippen molar-refractivity contribution in [3.05, 3.63) is 23.8 Å². The molecular weight excluding hydrogens is 461 g/mol. The first kappa shape index (κ1) is 23.8. The van der Waals surface area contributed by atoms with Gasteiger partial charge in [-0.05, 0) is 37.5 Å². The lowest BCUT2D eigenvalue weighted by Crippen LogP contribution is -2.38. The van der Waals surface area contributed by atoms with Crippen molar-refractivity contribution >= 4 is 29.9 Å². The van der Waals surface area contributed by atoms with Crippen LogP contribution >= 0.6 is 24.0 Å². The quantitative estimate of drug-likeness (QED) is 0.201. The van der Waals surface area contributed by atoms with Crippen LogP contribution in [-0.4, -0.2) is 57.7 Å². The number of guanidine groups is 1. The fourth-order valence-corrected chi connectivity index (χ4v) is 2.69. The standard InChI is InChI=1S/C19H31N3O4.HI/c1-3-20-19(21-8-4-9-25-13-16-7-10-26-14-16)22-12-15-5-6-18(24-2)17(23)11-15;/h5-6,11,16,23H,3-4,7-10,12-14H2,1-2H3,(H2,20,21,22);1H.